The van der Waals surface area contributed by atoms with Crippen molar-refractivity contribution >= 4 is 0 Å². The van der Waals surface area contributed by atoms with Gasteiger partial charge in [0.15, 0.2) is 6.10 Å². The average Bonchev–Trinajstić information content (AvgIpc) is 2.49. The van der Waals surface area contributed by atoms with Crippen molar-refractivity contribution in [3.8, 4) is 0 Å². The van der Waals surface area contributed by atoms with Gasteiger partial charge in [0.2, 0.25) is 0 Å². The lowest BCUT2D eigenvalue weighted by Crippen LogP contribution is -2.05. The first kappa shape index (κ1) is 4.77. The van der Waals surface area contributed by atoms with E-state index in [0.717, 1.165) is 13.2 Å². The van der Waals surface area contributed by atoms with Crippen LogP contribution in [0.25, 0.3) is 0 Å². The summed E-state index contributed by atoms with van der Waals surface area (Å²) in [6.07, 6.45) is 3.92. The molecule has 0 aromatic carbocycles. The van der Waals surface area contributed by atoms with Crippen molar-refractivity contribution < 1.29 is 9.47 Å². The van der Waals surface area contributed by atoms with Gasteiger partial charge in [0.05, 0.1) is 12.7 Å². The topological polar surface area (TPSA) is 21.8 Å². The first-order valence-corrected chi connectivity index (χ1v) is 3.07. The standard InChI is InChI=1S/C6H9O2/c1-2-5(7-3-1)6-4-8-6/h5H,1-4H2. The van der Waals surface area contributed by atoms with E-state index in [9.17, 15) is 0 Å². The van der Waals surface area contributed by atoms with Crippen LogP contribution in [0.4, 0.5) is 0 Å². The van der Waals surface area contributed by atoms with Crippen LogP contribution in [0.3, 0.4) is 0 Å². The van der Waals surface area contributed by atoms with E-state index in [1.54, 1.807) is 0 Å². The van der Waals surface area contributed by atoms with Gasteiger partial charge in [0.1, 0.15) is 0 Å². The van der Waals surface area contributed by atoms with Crippen LogP contribution in [0, 0.1) is 6.10 Å². The Morgan fingerprint density at radius 2 is 2.38 bits per heavy atom. The van der Waals surface area contributed by atoms with Gasteiger partial charge < -0.3 is 9.47 Å². The normalized spacial score (nSPS) is 38.2. The fraction of sp³-hybridized carbons (Fsp3) is 0.833. The molecule has 0 bridgehead atoms. The molecule has 2 aliphatic rings. The summed E-state index contributed by atoms with van der Waals surface area (Å²) < 4.78 is 10.3. The third kappa shape index (κ3) is 0.740. The smallest absolute Gasteiger partial charge is 0.151 e. The van der Waals surface area contributed by atoms with E-state index in [1.807, 2.05) is 0 Å². The molecule has 0 saturated carbocycles. The molecule has 2 heteroatoms. The largest absolute Gasteiger partial charge is 0.375 e. The lowest BCUT2D eigenvalue weighted by molar-refractivity contribution is 0.114. The van der Waals surface area contributed by atoms with Gasteiger partial charge in [-0.05, 0) is 12.8 Å². The Morgan fingerprint density at radius 1 is 1.50 bits per heavy atom. The maximum absolute atomic E-state index is 5.31. The quantitative estimate of drug-likeness (QED) is 0.467. The van der Waals surface area contributed by atoms with Gasteiger partial charge in [-0.2, -0.15) is 0 Å². The Balaban J connectivity index is 1.86. The van der Waals surface area contributed by atoms with Crippen LogP contribution in [0.15, 0.2) is 0 Å². The van der Waals surface area contributed by atoms with Crippen LogP contribution in [-0.2, 0) is 9.47 Å². The summed E-state index contributed by atoms with van der Waals surface area (Å²) in [5.41, 5.74) is 0. The van der Waals surface area contributed by atoms with Gasteiger partial charge in [-0.15, -0.1) is 0 Å². The second-order valence-corrected chi connectivity index (χ2v) is 2.26. The molecule has 8 heavy (non-hydrogen) atoms. The van der Waals surface area contributed by atoms with Gasteiger partial charge in [-0.3, -0.25) is 0 Å². The minimum Gasteiger partial charge on any atom is -0.375 e. The van der Waals surface area contributed by atoms with Crippen LogP contribution in [0.5, 0.6) is 0 Å². The Bertz CT molecular complexity index is 82.5. The van der Waals surface area contributed by atoms with E-state index < -0.39 is 0 Å². The van der Waals surface area contributed by atoms with Crippen LogP contribution < -0.4 is 0 Å². The van der Waals surface area contributed by atoms with E-state index in [1.165, 1.54) is 18.9 Å². The highest BCUT2D eigenvalue weighted by Gasteiger charge is 2.36. The summed E-state index contributed by atoms with van der Waals surface area (Å²) in [7, 11) is 0. The molecule has 45 valence electrons. The van der Waals surface area contributed by atoms with Crippen molar-refractivity contribution in [2.45, 2.75) is 18.9 Å². The van der Waals surface area contributed by atoms with Gasteiger partial charge in [-0.25, -0.2) is 0 Å². The molecular formula is C6H9O2. The Hall–Kier alpha value is -0.0800. The van der Waals surface area contributed by atoms with Gasteiger partial charge in [-0.1, -0.05) is 0 Å². The lowest BCUT2D eigenvalue weighted by atomic mass is 10.2. The van der Waals surface area contributed by atoms with Gasteiger partial charge in [0, 0.05) is 6.61 Å². The van der Waals surface area contributed by atoms with Crippen molar-refractivity contribution in [2.75, 3.05) is 13.2 Å². The van der Waals surface area contributed by atoms with Crippen molar-refractivity contribution in [2.24, 2.45) is 0 Å². The fourth-order valence-electron chi connectivity index (χ4n) is 1.06. The molecular weight excluding hydrogens is 104 g/mol. The van der Waals surface area contributed by atoms with Crippen LogP contribution in [-0.4, -0.2) is 19.3 Å². The fourth-order valence-corrected chi connectivity index (χ4v) is 1.06. The van der Waals surface area contributed by atoms with Crippen LogP contribution >= 0.6 is 0 Å². The predicted octanol–water partition coefficient (Wildman–Crippen LogP) is 0.728. The molecule has 0 aromatic heterocycles. The summed E-state index contributed by atoms with van der Waals surface area (Å²) in [5.74, 6) is 0. The van der Waals surface area contributed by atoms with Crippen LogP contribution in [0.2, 0.25) is 0 Å². The van der Waals surface area contributed by atoms with E-state index in [2.05, 4.69) is 0 Å². The molecule has 0 spiro atoms. The molecule has 1 radical (unpaired) electrons. The minimum absolute atomic E-state index is 0.370. The molecule has 2 nitrogen and oxygen atoms in total. The second kappa shape index (κ2) is 1.71. The molecule has 0 aliphatic carbocycles. The molecule has 2 aliphatic heterocycles. The maximum Gasteiger partial charge on any atom is 0.151 e. The van der Waals surface area contributed by atoms with E-state index in [-0.39, 0.29) is 0 Å². The highest BCUT2D eigenvalue weighted by molar-refractivity contribution is 5.00. The number of ether oxygens (including phenoxy) is 2. The lowest BCUT2D eigenvalue weighted by Gasteiger charge is -2.00. The van der Waals surface area contributed by atoms with Crippen molar-refractivity contribution in [3.05, 3.63) is 6.10 Å². The average molecular weight is 113 g/mol. The SMILES string of the molecule is C1COC([C]2CO2)C1. The van der Waals surface area contributed by atoms with Gasteiger partial charge in [0.25, 0.3) is 0 Å². The summed E-state index contributed by atoms with van der Waals surface area (Å²) >= 11 is 0. The van der Waals surface area contributed by atoms with E-state index in [4.69, 9.17) is 9.47 Å². The Kier molecular flexibility index (Phi) is 1.02. The zero-order valence-electron chi connectivity index (χ0n) is 4.72. The van der Waals surface area contributed by atoms with E-state index >= 15 is 0 Å². The highest BCUT2D eigenvalue weighted by Crippen LogP contribution is 2.31. The van der Waals surface area contributed by atoms with Gasteiger partial charge >= 0.3 is 0 Å². The summed E-state index contributed by atoms with van der Waals surface area (Å²) in [4.78, 5) is 0. The molecule has 0 aromatic rings. The third-order valence-corrected chi connectivity index (χ3v) is 1.60. The van der Waals surface area contributed by atoms with Crippen molar-refractivity contribution in [1.82, 2.24) is 0 Å². The molecule has 0 N–H and O–H groups in total. The Morgan fingerprint density at radius 3 is 2.88 bits per heavy atom. The third-order valence-electron chi connectivity index (χ3n) is 1.60. The minimum atomic E-state index is 0.370. The van der Waals surface area contributed by atoms with Crippen molar-refractivity contribution in [3.63, 3.8) is 0 Å². The number of epoxide rings is 1. The van der Waals surface area contributed by atoms with Crippen LogP contribution in [0.1, 0.15) is 12.8 Å². The zero-order chi connectivity index (χ0) is 5.40. The molecule has 2 saturated heterocycles. The second-order valence-electron chi connectivity index (χ2n) is 2.26. The number of hydrogen-bond acceptors (Lipinski definition) is 2. The first-order chi connectivity index (χ1) is 3.97. The molecule has 2 heterocycles. The van der Waals surface area contributed by atoms with Crippen molar-refractivity contribution in [1.29, 1.82) is 0 Å². The molecule has 2 rings (SSSR count). The zero-order valence-corrected chi connectivity index (χ0v) is 4.72. The molecule has 1 unspecified atom stereocenters. The number of rotatable bonds is 1. The molecule has 1 atom stereocenters. The molecule has 0 amide bonds. The number of hydrogen-bond donors (Lipinski definition) is 0. The monoisotopic (exact) mass is 113 g/mol. The summed E-state index contributed by atoms with van der Waals surface area (Å²) in [5, 5.41) is 0. The Labute approximate surface area is 48.8 Å². The molecule has 2 fully saturated rings. The highest BCUT2D eigenvalue weighted by atomic mass is 16.6. The first-order valence-electron chi connectivity index (χ1n) is 3.07. The predicted molar refractivity (Wildman–Crippen MR) is 28.2 cm³/mol. The summed E-state index contributed by atoms with van der Waals surface area (Å²) in [6.45, 7) is 1.78. The summed E-state index contributed by atoms with van der Waals surface area (Å²) in [6, 6.07) is 0. The maximum atomic E-state index is 5.31. The van der Waals surface area contributed by atoms with E-state index in [0.29, 0.717) is 6.10 Å².